The number of aromatic nitrogens is 1. The van der Waals surface area contributed by atoms with E-state index in [0.29, 0.717) is 12.1 Å². The van der Waals surface area contributed by atoms with E-state index >= 15 is 0 Å². The molecule has 1 aromatic heterocycles. The van der Waals surface area contributed by atoms with Crippen LogP contribution in [0.5, 0.6) is 0 Å². The summed E-state index contributed by atoms with van der Waals surface area (Å²) in [5, 5.41) is 19.6. The molecule has 1 heterocycles. The number of nitrogens with zero attached hydrogens (tertiary/aromatic N) is 1. The lowest BCUT2D eigenvalue weighted by Gasteiger charge is -2.04. The van der Waals surface area contributed by atoms with Crippen LogP contribution in [0, 0.1) is 0 Å². The van der Waals surface area contributed by atoms with Gasteiger partial charge in [0.15, 0.2) is 0 Å². The van der Waals surface area contributed by atoms with Gasteiger partial charge >= 0.3 is 13.1 Å². The zero-order valence-electron chi connectivity index (χ0n) is 9.83. The second kappa shape index (κ2) is 5.16. The van der Waals surface area contributed by atoms with Crippen LogP contribution in [0.2, 0.25) is 0 Å². The smallest absolute Gasteiger partial charge is 0.461 e. The van der Waals surface area contributed by atoms with E-state index in [1.54, 1.807) is 31.2 Å². The van der Waals surface area contributed by atoms with Crippen LogP contribution in [0.1, 0.15) is 17.4 Å². The van der Waals surface area contributed by atoms with Crippen molar-refractivity contribution in [1.29, 1.82) is 0 Å². The van der Waals surface area contributed by atoms with Crippen LogP contribution in [-0.4, -0.2) is 34.7 Å². The zero-order valence-corrected chi connectivity index (χ0v) is 9.83. The van der Waals surface area contributed by atoms with Crippen molar-refractivity contribution < 1.29 is 19.6 Å². The number of carbonyl (C=O) groups is 1. The van der Waals surface area contributed by atoms with Gasteiger partial charge in [-0.1, -0.05) is 18.2 Å². The van der Waals surface area contributed by atoms with Crippen molar-refractivity contribution in [2.24, 2.45) is 0 Å². The molecular weight excluding hydrogens is 233 g/mol. The molecule has 0 atom stereocenters. The molecule has 0 aliphatic carbocycles. The van der Waals surface area contributed by atoms with Crippen LogP contribution in [-0.2, 0) is 4.74 Å². The Kier molecular flexibility index (Phi) is 3.59. The van der Waals surface area contributed by atoms with Crippen molar-refractivity contribution >= 4 is 29.3 Å². The van der Waals surface area contributed by atoms with Gasteiger partial charge < -0.3 is 14.8 Å². The summed E-state index contributed by atoms with van der Waals surface area (Å²) in [5.41, 5.74) is 0.620. The number of ether oxygens (including phenoxy) is 1. The molecule has 0 spiro atoms. The first-order valence-corrected chi connectivity index (χ1v) is 5.54. The van der Waals surface area contributed by atoms with E-state index in [1.807, 2.05) is 0 Å². The average Bonchev–Trinajstić information content (AvgIpc) is 2.37. The van der Waals surface area contributed by atoms with Crippen molar-refractivity contribution in [3.05, 3.63) is 36.2 Å². The minimum absolute atomic E-state index is 0.238. The third kappa shape index (κ3) is 2.50. The highest BCUT2D eigenvalue weighted by Crippen LogP contribution is 2.13. The topological polar surface area (TPSA) is 79.7 Å². The summed E-state index contributed by atoms with van der Waals surface area (Å²) < 4.78 is 4.86. The maximum absolute atomic E-state index is 11.5. The van der Waals surface area contributed by atoms with Gasteiger partial charge in [-0.3, -0.25) is 0 Å². The summed E-state index contributed by atoms with van der Waals surface area (Å²) >= 11 is 0. The summed E-state index contributed by atoms with van der Waals surface area (Å²) in [6.45, 7) is 2.03. The van der Waals surface area contributed by atoms with Gasteiger partial charge in [0.25, 0.3) is 0 Å². The Morgan fingerprint density at radius 2 is 2.11 bits per heavy atom. The maximum atomic E-state index is 11.5. The van der Waals surface area contributed by atoms with Crippen LogP contribution < -0.4 is 5.46 Å². The second-order valence-corrected chi connectivity index (χ2v) is 3.77. The van der Waals surface area contributed by atoms with E-state index in [4.69, 9.17) is 14.8 Å². The standard InChI is InChI=1S/C12H12BNO4/c1-2-18-12(15)11-6-8-3-4-10(13(16)17)5-9(8)7-14-11/h3-7,16-17H,2H2,1H3. The Labute approximate surface area is 104 Å². The number of hydrogen-bond donors (Lipinski definition) is 2. The fourth-order valence-corrected chi connectivity index (χ4v) is 1.64. The van der Waals surface area contributed by atoms with Gasteiger partial charge in [0, 0.05) is 6.20 Å². The van der Waals surface area contributed by atoms with Gasteiger partial charge in [-0.15, -0.1) is 0 Å². The van der Waals surface area contributed by atoms with Crippen molar-refractivity contribution in [3.63, 3.8) is 0 Å². The van der Waals surface area contributed by atoms with Gasteiger partial charge in [-0.05, 0) is 29.2 Å². The van der Waals surface area contributed by atoms with Crippen LogP contribution >= 0.6 is 0 Å². The number of rotatable bonds is 3. The first-order valence-electron chi connectivity index (χ1n) is 5.54. The molecule has 0 radical (unpaired) electrons. The first-order chi connectivity index (χ1) is 8.61. The van der Waals surface area contributed by atoms with Crippen LogP contribution in [0.15, 0.2) is 30.5 Å². The first kappa shape index (κ1) is 12.5. The molecule has 0 bridgehead atoms. The third-order valence-corrected chi connectivity index (χ3v) is 2.53. The number of pyridine rings is 1. The predicted octanol–water partition coefficient (Wildman–Crippen LogP) is 0.0913. The Morgan fingerprint density at radius 1 is 1.33 bits per heavy atom. The predicted molar refractivity (Wildman–Crippen MR) is 67.5 cm³/mol. The van der Waals surface area contributed by atoms with Gasteiger partial charge in [0.1, 0.15) is 5.69 Å². The third-order valence-electron chi connectivity index (χ3n) is 2.53. The molecule has 92 valence electrons. The van der Waals surface area contributed by atoms with Gasteiger partial charge in [0.05, 0.1) is 6.61 Å². The van der Waals surface area contributed by atoms with E-state index in [1.165, 1.54) is 6.20 Å². The van der Waals surface area contributed by atoms with E-state index in [-0.39, 0.29) is 5.69 Å². The van der Waals surface area contributed by atoms with Crippen LogP contribution in [0.4, 0.5) is 0 Å². The van der Waals surface area contributed by atoms with Crippen molar-refractivity contribution in [2.45, 2.75) is 6.92 Å². The maximum Gasteiger partial charge on any atom is 0.488 e. The molecule has 0 saturated carbocycles. The molecule has 0 aliphatic heterocycles. The molecule has 0 unspecified atom stereocenters. The molecule has 2 rings (SSSR count). The number of benzene rings is 1. The summed E-state index contributed by atoms with van der Waals surface area (Å²) in [6.07, 6.45) is 1.51. The number of esters is 1. The Hall–Kier alpha value is -1.92. The fourth-order valence-electron chi connectivity index (χ4n) is 1.64. The normalized spacial score (nSPS) is 10.4. The molecule has 0 amide bonds. The number of hydrogen-bond acceptors (Lipinski definition) is 5. The van der Waals surface area contributed by atoms with E-state index < -0.39 is 13.1 Å². The van der Waals surface area contributed by atoms with E-state index in [2.05, 4.69) is 4.98 Å². The largest absolute Gasteiger partial charge is 0.488 e. The summed E-state index contributed by atoms with van der Waals surface area (Å²) in [4.78, 5) is 15.5. The van der Waals surface area contributed by atoms with Crippen molar-refractivity contribution in [1.82, 2.24) is 4.98 Å². The minimum Gasteiger partial charge on any atom is -0.461 e. The Balaban J connectivity index is 2.41. The molecule has 0 saturated heterocycles. The van der Waals surface area contributed by atoms with Crippen LogP contribution in [0.25, 0.3) is 10.8 Å². The Morgan fingerprint density at radius 3 is 2.78 bits per heavy atom. The summed E-state index contributed by atoms with van der Waals surface area (Å²) in [6, 6.07) is 6.51. The summed E-state index contributed by atoms with van der Waals surface area (Å²) in [5.74, 6) is -0.467. The summed E-state index contributed by atoms with van der Waals surface area (Å²) in [7, 11) is -1.51. The molecule has 2 N–H and O–H groups in total. The lowest BCUT2D eigenvalue weighted by molar-refractivity contribution is 0.0519. The quantitative estimate of drug-likeness (QED) is 0.591. The number of carbonyl (C=O) groups excluding carboxylic acids is 1. The molecule has 0 fully saturated rings. The molecule has 2 aromatic rings. The van der Waals surface area contributed by atoms with Crippen molar-refractivity contribution in [2.75, 3.05) is 6.61 Å². The zero-order chi connectivity index (χ0) is 13.1. The molecule has 18 heavy (non-hydrogen) atoms. The SMILES string of the molecule is CCOC(=O)c1cc2ccc(B(O)O)cc2cn1. The second-order valence-electron chi connectivity index (χ2n) is 3.77. The molecule has 5 nitrogen and oxygen atoms in total. The van der Waals surface area contributed by atoms with Gasteiger partial charge in [0.2, 0.25) is 0 Å². The lowest BCUT2D eigenvalue weighted by atomic mass is 9.79. The Bertz CT molecular complexity index is 585. The van der Waals surface area contributed by atoms with E-state index in [9.17, 15) is 4.79 Å². The van der Waals surface area contributed by atoms with E-state index in [0.717, 1.165) is 10.8 Å². The lowest BCUT2D eigenvalue weighted by Crippen LogP contribution is -2.29. The number of fused-ring (bicyclic) bond motifs is 1. The van der Waals surface area contributed by atoms with Gasteiger partial charge in [-0.25, -0.2) is 9.78 Å². The molecule has 6 heteroatoms. The van der Waals surface area contributed by atoms with Crippen molar-refractivity contribution in [3.8, 4) is 0 Å². The highest BCUT2D eigenvalue weighted by atomic mass is 16.5. The average molecular weight is 245 g/mol. The van der Waals surface area contributed by atoms with Crippen LogP contribution in [0.3, 0.4) is 0 Å². The monoisotopic (exact) mass is 245 g/mol. The molecular formula is C12H12BNO4. The van der Waals surface area contributed by atoms with Gasteiger partial charge in [-0.2, -0.15) is 0 Å². The highest BCUT2D eigenvalue weighted by Gasteiger charge is 2.13. The fraction of sp³-hybridized carbons (Fsp3) is 0.167. The minimum atomic E-state index is -1.51. The molecule has 0 aliphatic rings. The highest BCUT2D eigenvalue weighted by molar-refractivity contribution is 6.58. The molecule has 1 aromatic carbocycles.